The Morgan fingerprint density at radius 1 is 1.11 bits per heavy atom. The standard InChI is InChI=1S/C21H31N3O3/c1-17-5-4-9-22(16-17)10-8-20(25)23-11-13-24(14-12-23)21(26)18-6-3-7-19(15-18)27-2/h3,6-7,15,17H,4-5,8-14,16H2,1-2H3. The van der Waals surface area contributed by atoms with Gasteiger partial charge in [0, 0.05) is 51.3 Å². The Bertz CT molecular complexity index is 656. The van der Waals surface area contributed by atoms with Crippen LogP contribution in [0.25, 0.3) is 0 Å². The first kappa shape index (κ1) is 19.7. The van der Waals surface area contributed by atoms with Gasteiger partial charge in [-0.2, -0.15) is 0 Å². The maximum Gasteiger partial charge on any atom is 0.254 e. The van der Waals surface area contributed by atoms with Gasteiger partial charge in [0.05, 0.1) is 7.11 Å². The first-order chi connectivity index (χ1) is 13.1. The van der Waals surface area contributed by atoms with Crippen molar-refractivity contribution >= 4 is 11.8 Å². The Balaban J connectivity index is 1.45. The van der Waals surface area contributed by atoms with Gasteiger partial charge in [0.15, 0.2) is 0 Å². The predicted octanol–water partition coefficient (Wildman–Crippen LogP) is 2.10. The maximum atomic E-state index is 12.7. The molecule has 6 heteroatoms. The van der Waals surface area contributed by atoms with Gasteiger partial charge in [0.2, 0.25) is 5.91 Å². The lowest BCUT2D eigenvalue weighted by Gasteiger charge is -2.36. The van der Waals surface area contributed by atoms with Gasteiger partial charge in [0.25, 0.3) is 5.91 Å². The third kappa shape index (κ3) is 5.22. The van der Waals surface area contributed by atoms with Crippen molar-refractivity contribution in [3.05, 3.63) is 29.8 Å². The number of hydrogen-bond acceptors (Lipinski definition) is 4. The average molecular weight is 373 g/mol. The third-order valence-corrected chi connectivity index (χ3v) is 5.62. The normalized spacial score (nSPS) is 21.2. The molecule has 0 bridgehead atoms. The molecule has 2 amide bonds. The highest BCUT2D eigenvalue weighted by molar-refractivity contribution is 5.94. The number of carbonyl (C=O) groups excluding carboxylic acids is 2. The zero-order chi connectivity index (χ0) is 19.2. The second-order valence-corrected chi connectivity index (χ2v) is 7.70. The summed E-state index contributed by atoms with van der Waals surface area (Å²) in [7, 11) is 1.60. The number of rotatable bonds is 5. The molecule has 0 saturated carbocycles. The van der Waals surface area contributed by atoms with E-state index in [9.17, 15) is 9.59 Å². The number of ether oxygens (including phenoxy) is 1. The summed E-state index contributed by atoms with van der Waals surface area (Å²) in [5.74, 6) is 1.63. The molecule has 148 valence electrons. The van der Waals surface area contributed by atoms with Crippen LogP contribution in [0.3, 0.4) is 0 Å². The van der Waals surface area contributed by atoms with Crippen LogP contribution in [-0.4, -0.2) is 79.4 Å². The van der Waals surface area contributed by atoms with E-state index in [0.717, 1.165) is 25.6 Å². The van der Waals surface area contributed by atoms with Crippen molar-refractivity contribution in [2.24, 2.45) is 5.92 Å². The summed E-state index contributed by atoms with van der Waals surface area (Å²) in [4.78, 5) is 31.3. The van der Waals surface area contributed by atoms with Crippen molar-refractivity contribution < 1.29 is 14.3 Å². The van der Waals surface area contributed by atoms with Crippen LogP contribution in [0.4, 0.5) is 0 Å². The summed E-state index contributed by atoms with van der Waals surface area (Å²) in [6.07, 6.45) is 3.12. The third-order valence-electron chi connectivity index (χ3n) is 5.62. The van der Waals surface area contributed by atoms with Crippen LogP contribution in [0.2, 0.25) is 0 Å². The molecular formula is C21H31N3O3. The fourth-order valence-electron chi connectivity index (χ4n) is 4.00. The van der Waals surface area contributed by atoms with Gasteiger partial charge in [-0.25, -0.2) is 0 Å². The number of piperidine rings is 1. The first-order valence-corrected chi connectivity index (χ1v) is 10.0. The van der Waals surface area contributed by atoms with Crippen molar-refractivity contribution in [3.8, 4) is 5.75 Å². The van der Waals surface area contributed by atoms with E-state index in [4.69, 9.17) is 4.74 Å². The van der Waals surface area contributed by atoms with Gasteiger partial charge < -0.3 is 19.4 Å². The highest BCUT2D eigenvalue weighted by atomic mass is 16.5. The molecule has 1 atom stereocenters. The number of amides is 2. The summed E-state index contributed by atoms with van der Waals surface area (Å²) in [6, 6.07) is 7.23. The number of piperazine rings is 1. The SMILES string of the molecule is COc1cccc(C(=O)N2CCN(C(=O)CCN3CCCC(C)C3)CC2)c1. The van der Waals surface area contributed by atoms with Crippen LogP contribution in [0, 0.1) is 5.92 Å². The van der Waals surface area contributed by atoms with Gasteiger partial charge in [-0.3, -0.25) is 9.59 Å². The Morgan fingerprint density at radius 2 is 1.85 bits per heavy atom. The number of benzene rings is 1. The molecule has 0 aliphatic carbocycles. The molecule has 1 aromatic rings. The van der Waals surface area contributed by atoms with Crippen LogP contribution >= 0.6 is 0 Å². The predicted molar refractivity (Wildman–Crippen MR) is 105 cm³/mol. The minimum absolute atomic E-state index is 0.00306. The summed E-state index contributed by atoms with van der Waals surface area (Å²) in [5.41, 5.74) is 0.633. The van der Waals surface area contributed by atoms with Crippen molar-refractivity contribution in [3.63, 3.8) is 0 Å². The van der Waals surface area contributed by atoms with Crippen molar-refractivity contribution in [2.75, 3.05) is 52.9 Å². The Morgan fingerprint density at radius 3 is 2.56 bits per heavy atom. The fourth-order valence-corrected chi connectivity index (χ4v) is 4.00. The van der Waals surface area contributed by atoms with E-state index >= 15 is 0 Å². The van der Waals surface area contributed by atoms with Crippen LogP contribution in [-0.2, 0) is 4.79 Å². The fraction of sp³-hybridized carbons (Fsp3) is 0.619. The van der Waals surface area contributed by atoms with E-state index in [2.05, 4.69) is 11.8 Å². The number of likely N-dealkylation sites (tertiary alicyclic amines) is 1. The van der Waals surface area contributed by atoms with Gasteiger partial charge in [-0.05, 0) is 43.5 Å². The molecular weight excluding hydrogens is 342 g/mol. The molecule has 0 spiro atoms. The number of nitrogens with zero attached hydrogens (tertiary/aromatic N) is 3. The molecule has 3 rings (SSSR count). The summed E-state index contributed by atoms with van der Waals surface area (Å²) in [6.45, 7) is 7.76. The Kier molecular flexibility index (Phi) is 6.72. The molecule has 0 aromatic heterocycles. The van der Waals surface area contributed by atoms with Crippen molar-refractivity contribution in [2.45, 2.75) is 26.2 Å². The molecule has 2 saturated heterocycles. The highest BCUT2D eigenvalue weighted by Crippen LogP contribution is 2.17. The monoisotopic (exact) mass is 373 g/mol. The minimum Gasteiger partial charge on any atom is -0.497 e. The van der Waals surface area contributed by atoms with E-state index in [1.54, 1.807) is 13.2 Å². The van der Waals surface area contributed by atoms with Crippen LogP contribution in [0.15, 0.2) is 24.3 Å². The van der Waals surface area contributed by atoms with Crippen molar-refractivity contribution in [1.29, 1.82) is 0 Å². The van der Waals surface area contributed by atoms with E-state index < -0.39 is 0 Å². The van der Waals surface area contributed by atoms with Crippen LogP contribution < -0.4 is 4.74 Å². The molecule has 6 nitrogen and oxygen atoms in total. The summed E-state index contributed by atoms with van der Waals surface area (Å²) >= 11 is 0. The molecule has 1 aromatic carbocycles. The molecule has 0 radical (unpaired) electrons. The van der Waals surface area contributed by atoms with Gasteiger partial charge in [-0.15, -0.1) is 0 Å². The van der Waals surface area contributed by atoms with E-state index in [1.807, 2.05) is 28.0 Å². The molecule has 0 N–H and O–H groups in total. The van der Waals surface area contributed by atoms with Crippen molar-refractivity contribution in [1.82, 2.24) is 14.7 Å². The second-order valence-electron chi connectivity index (χ2n) is 7.70. The average Bonchev–Trinajstić information content (AvgIpc) is 2.71. The minimum atomic E-state index is 0.00306. The second kappa shape index (κ2) is 9.22. The zero-order valence-corrected chi connectivity index (χ0v) is 16.5. The largest absolute Gasteiger partial charge is 0.497 e. The van der Waals surface area contributed by atoms with Gasteiger partial charge in [0.1, 0.15) is 5.75 Å². The molecule has 2 aliphatic rings. The molecule has 1 unspecified atom stereocenters. The smallest absolute Gasteiger partial charge is 0.254 e. The Hall–Kier alpha value is -2.08. The Labute approximate surface area is 162 Å². The lowest BCUT2D eigenvalue weighted by Crippen LogP contribution is -2.51. The quantitative estimate of drug-likeness (QED) is 0.793. The summed E-state index contributed by atoms with van der Waals surface area (Å²) in [5, 5.41) is 0. The lowest BCUT2D eigenvalue weighted by atomic mass is 10.0. The van der Waals surface area contributed by atoms with Gasteiger partial charge in [-0.1, -0.05) is 13.0 Å². The van der Waals surface area contributed by atoms with E-state index in [1.165, 1.54) is 12.8 Å². The summed E-state index contributed by atoms with van der Waals surface area (Å²) < 4.78 is 5.20. The number of hydrogen-bond donors (Lipinski definition) is 0. The highest BCUT2D eigenvalue weighted by Gasteiger charge is 2.25. The van der Waals surface area contributed by atoms with Crippen LogP contribution in [0.1, 0.15) is 36.5 Å². The first-order valence-electron chi connectivity index (χ1n) is 10.0. The molecule has 27 heavy (non-hydrogen) atoms. The van der Waals surface area contributed by atoms with Gasteiger partial charge >= 0.3 is 0 Å². The zero-order valence-electron chi connectivity index (χ0n) is 16.5. The van der Waals surface area contributed by atoms with E-state index in [-0.39, 0.29) is 11.8 Å². The van der Waals surface area contributed by atoms with E-state index in [0.29, 0.717) is 43.9 Å². The molecule has 2 aliphatic heterocycles. The van der Waals surface area contributed by atoms with Crippen LogP contribution in [0.5, 0.6) is 5.75 Å². The number of methoxy groups -OCH3 is 1. The topological polar surface area (TPSA) is 53.1 Å². The molecule has 2 fully saturated rings. The maximum absolute atomic E-state index is 12.7. The molecule has 2 heterocycles. The lowest BCUT2D eigenvalue weighted by molar-refractivity contribution is -0.133. The number of carbonyl (C=O) groups is 2.